The first-order valence-electron chi connectivity index (χ1n) is 18.9. The Morgan fingerprint density at radius 1 is 0.469 bits per heavy atom. The Labute approximate surface area is 323 Å². The zero-order valence-corrected chi connectivity index (χ0v) is 34.0. The van der Waals surface area contributed by atoms with Gasteiger partial charge in [-0.3, -0.25) is 9.98 Å². The van der Waals surface area contributed by atoms with Gasteiger partial charge in [0, 0.05) is 0 Å². The standard InChI is InChI=1S/C43H63N3.2ClH.Fe/c1-7-13-20-34-28-36(22-15-9-3)42(37(29-34)23-16-10-4)44-32-40-26-19-27-41(46-40)33-45-43-38(24-17-11-5)30-35(21-14-8-2)31-39(43)25-18-12-6;;;/h19,26-33H,7-18,20-25H2,1-6H3;2*1H;/q;;;+2/p-2. The van der Waals surface area contributed by atoms with Crippen LogP contribution in [0.25, 0.3) is 0 Å². The Hall–Kier alpha value is -1.97. The molecular formula is C43H63Cl2FeN3. The van der Waals surface area contributed by atoms with E-state index >= 15 is 0 Å². The molecule has 3 nitrogen and oxygen atoms in total. The number of halogens is 2. The predicted octanol–water partition coefficient (Wildman–Crippen LogP) is 6.64. The fourth-order valence-corrected chi connectivity index (χ4v) is 6.15. The van der Waals surface area contributed by atoms with Crippen LogP contribution in [0.2, 0.25) is 0 Å². The van der Waals surface area contributed by atoms with E-state index in [4.69, 9.17) is 15.0 Å². The second-order valence-corrected chi connectivity index (χ2v) is 13.2. The Bertz CT molecular complexity index is 1230. The van der Waals surface area contributed by atoms with Crippen LogP contribution in [-0.4, -0.2) is 17.4 Å². The van der Waals surface area contributed by atoms with Crippen molar-refractivity contribution >= 4 is 23.8 Å². The van der Waals surface area contributed by atoms with Crippen molar-refractivity contribution in [2.24, 2.45) is 9.98 Å². The van der Waals surface area contributed by atoms with Gasteiger partial charge in [0.05, 0.1) is 35.2 Å². The minimum absolute atomic E-state index is 0. The van der Waals surface area contributed by atoms with E-state index in [1.165, 1.54) is 122 Å². The van der Waals surface area contributed by atoms with Gasteiger partial charge in [0.2, 0.25) is 0 Å². The summed E-state index contributed by atoms with van der Waals surface area (Å²) in [6, 6.07) is 16.0. The summed E-state index contributed by atoms with van der Waals surface area (Å²) in [5.74, 6) is 0. The van der Waals surface area contributed by atoms with Crippen molar-refractivity contribution in [1.29, 1.82) is 0 Å². The average Bonchev–Trinajstić information content (AvgIpc) is 3.08. The molecule has 6 heteroatoms. The molecule has 1 aromatic heterocycles. The summed E-state index contributed by atoms with van der Waals surface area (Å²) < 4.78 is 0. The average molecular weight is 749 g/mol. The van der Waals surface area contributed by atoms with Gasteiger partial charge in [-0.05, 0) is 123 Å². The number of rotatable bonds is 22. The Morgan fingerprint density at radius 3 is 1.04 bits per heavy atom. The van der Waals surface area contributed by atoms with Crippen LogP contribution in [-0.2, 0) is 55.6 Å². The van der Waals surface area contributed by atoms with E-state index in [9.17, 15) is 0 Å². The quantitative estimate of drug-likeness (QED) is 0.0839. The van der Waals surface area contributed by atoms with E-state index in [0.29, 0.717) is 0 Å². The van der Waals surface area contributed by atoms with Gasteiger partial charge in [-0.1, -0.05) is 110 Å². The van der Waals surface area contributed by atoms with Gasteiger partial charge in [-0.25, -0.2) is 4.98 Å². The first kappa shape index (κ1) is 47.0. The Balaban J connectivity index is 0.00000768. The molecule has 0 saturated carbocycles. The van der Waals surface area contributed by atoms with Gasteiger partial charge < -0.3 is 24.8 Å². The molecule has 0 bridgehead atoms. The Kier molecular flexibility index (Phi) is 26.6. The molecule has 0 N–H and O–H groups in total. The van der Waals surface area contributed by atoms with Crippen LogP contribution in [0.5, 0.6) is 0 Å². The summed E-state index contributed by atoms with van der Waals surface area (Å²) in [4.78, 5) is 15.3. The van der Waals surface area contributed by atoms with E-state index in [2.05, 4.69) is 84.0 Å². The van der Waals surface area contributed by atoms with E-state index < -0.39 is 0 Å². The van der Waals surface area contributed by atoms with Gasteiger partial charge in [0.25, 0.3) is 0 Å². The van der Waals surface area contributed by atoms with Crippen LogP contribution in [0.4, 0.5) is 11.4 Å². The van der Waals surface area contributed by atoms with Gasteiger partial charge in [-0.2, -0.15) is 0 Å². The van der Waals surface area contributed by atoms with E-state index in [1.54, 1.807) is 0 Å². The molecule has 0 aliphatic heterocycles. The summed E-state index contributed by atoms with van der Waals surface area (Å²) in [5.41, 5.74) is 12.7. The molecule has 0 saturated heterocycles. The molecule has 272 valence electrons. The molecule has 0 fully saturated rings. The minimum Gasteiger partial charge on any atom is -1.00 e. The first-order chi connectivity index (χ1) is 22.6. The van der Waals surface area contributed by atoms with Crippen molar-refractivity contribution < 1.29 is 41.9 Å². The number of unbranched alkanes of at least 4 members (excludes halogenated alkanes) is 6. The molecular weight excluding hydrogens is 685 g/mol. The third-order valence-corrected chi connectivity index (χ3v) is 8.94. The van der Waals surface area contributed by atoms with Gasteiger partial charge >= 0.3 is 17.1 Å². The summed E-state index contributed by atoms with van der Waals surface area (Å²) in [6.07, 6.45) is 25.1. The molecule has 0 atom stereocenters. The van der Waals surface area contributed by atoms with Crippen molar-refractivity contribution in [1.82, 2.24) is 4.98 Å². The molecule has 0 unspecified atom stereocenters. The molecule has 49 heavy (non-hydrogen) atoms. The first-order valence-corrected chi connectivity index (χ1v) is 18.9. The number of aryl methyl sites for hydroxylation is 6. The number of aliphatic imine (C=N–C) groups is 2. The third-order valence-electron chi connectivity index (χ3n) is 8.94. The number of benzene rings is 2. The molecule has 3 aromatic rings. The molecule has 0 aliphatic carbocycles. The normalized spacial score (nSPS) is 11.1. The van der Waals surface area contributed by atoms with Crippen LogP contribution in [0.3, 0.4) is 0 Å². The van der Waals surface area contributed by atoms with Crippen molar-refractivity contribution in [3.63, 3.8) is 0 Å². The van der Waals surface area contributed by atoms with Gasteiger partial charge in [0.1, 0.15) is 0 Å². The maximum Gasteiger partial charge on any atom is 2.00 e. The number of pyridine rings is 1. The SMILES string of the molecule is CCCCc1cc(CCCC)c(N=Cc2cccc(C=Nc3c(CCCC)cc(CCCC)cc3CCCC)n2)c(CCCC)c1.[Cl-].[Cl-].[Fe+2]. The molecule has 2 aromatic carbocycles. The van der Waals surface area contributed by atoms with Crippen molar-refractivity contribution in [2.75, 3.05) is 0 Å². The van der Waals surface area contributed by atoms with Crippen LogP contribution < -0.4 is 24.8 Å². The molecule has 0 spiro atoms. The van der Waals surface area contributed by atoms with Crippen molar-refractivity contribution in [3.8, 4) is 0 Å². The zero-order chi connectivity index (χ0) is 33.0. The summed E-state index contributed by atoms with van der Waals surface area (Å²) in [5, 5.41) is 0. The number of hydrogen-bond acceptors (Lipinski definition) is 3. The third kappa shape index (κ3) is 16.3. The second kappa shape index (κ2) is 27.7. The molecule has 3 rings (SSSR count). The molecule has 0 aliphatic rings. The molecule has 1 heterocycles. The van der Waals surface area contributed by atoms with E-state index in [0.717, 1.165) is 49.9 Å². The van der Waals surface area contributed by atoms with E-state index in [-0.39, 0.29) is 41.9 Å². The largest absolute Gasteiger partial charge is 2.00 e. The fourth-order valence-electron chi connectivity index (χ4n) is 6.15. The second-order valence-electron chi connectivity index (χ2n) is 13.2. The minimum atomic E-state index is 0. The smallest absolute Gasteiger partial charge is 1.00 e. The number of hydrogen-bond donors (Lipinski definition) is 0. The Morgan fingerprint density at radius 2 is 0.755 bits per heavy atom. The maximum atomic E-state index is 5.16. The predicted molar refractivity (Wildman–Crippen MR) is 203 cm³/mol. The van der Waals surface area contributed by atoms with Gasteiger partial charge in [-0.15, -0.1) is 0 Å². The monoisotopic (exact) mass is 747 g/mol. The van der Waals surface area contributed by atoms with Crippen LogP contribution in [0, 0.1) is 0 Å². The van der Waals surface area contributed by atoms with Crippen LogP contribution in [0.15, 0.2) is 52.4 Å². The molecule has 0 amide bonds. The molecule has 0 radical (unpaired) electrons. The van der Waals surface area contributed by atoms with Gasteiger partial charge in [0.15, 0.2) is 0 Å². The summed E-state index contributed by atoms with van der Waals surface area (Å²) >= 11 is 0. The number of aromatic nitrogens is 1. The fraction of sp³-hybridized carbons (Fsp3) is 0.558. The van der Waals surface area contributed by atoms with E-state index in [1.807, 2.05) is 12.4 Å². The van der Waals surface area contributed by atoms with Crippen LogP contribution in [0.1, 0.15) is 163 Å². The summed E-state index contributed by atoms with van der Waals surface area (Å²) in [7, 11) is 0. The van der Waals surface area contributed by atoms with Crippen molar-refractivity contribution in [3.05, 3.63) is 87.2 Å². The summed E-state index contributed by atoms with van der Waals surface area (Å²) in [6.45, 7) is 13.7. The van der Waals surface area contributed by atoms with Crippen molar-refractivity contribution in [2.45, 2.75) is 157 Å². The zero-order valence-electron chi connectivity index (χ0n) is 31.4. The topological polar surface area (TPSA) is 37.6 Å². The maximum absolute atomic E-state index is 5.16. The van der Waals surface area contributed by atoms with Crippen LogP contribution >= 0.6 is 0 Å². The number of nitrogens with zero attached hydrogens (tertiary/aromatic N) is 3.